The van der Waals surface area contributed by atoms with Crippen LogP contribution >= 0.6 is 0 Å². The normalized spacial score (nSPS) is 20.4. The standard InChI is InChI=1S/C11H19NO5/c1-10(2,3)17-9(16)12-5-11(4,6-12)7(13)8(14)15/h7,13H,5-6H2,1-4H3,(H,14,15). The van der Waals surface area contributed by atoms with E-state index < -0.39 is 29.2 Å². The van der Waals surface area contributed by atoms with Gasteiger partial charge in [0.1, 0.15) is 5.60 Å². The Morgan fingerprint density at radius 2 is 1.82 bits per heavy atom. The van der Waals surface area contributed by atoms with E-state index in [9.17, 15) is 14.7 Å². The zero-order chi connectivity index (χ0) is 13.4. The van der Waals surface area contributed by atoms with Crippen molar-refractivity contribution < 1.29 is 24.5 Å². The first kappa shape index (κ1) is 13.8. The third kappa shape index (κ3) is 3.09. The van der Waals surface area contributed by atoms with Crippen molar-refractivity contribution in [3.05, 3.63) is 0 Å². The topological polar surface area (TPSA) is 87.1 Å². The lowest BCUT2D eigenvalue weighted by Crippen LogP contribution is -2.64. The van der Waals surface area contributed by atoms with E-state index in [4.69, 9.17) is 9.84 Å². The van der Waals surface area contributed by atoms with Gasteiger partial charge in [-0.1, -0.05) is 6.92 Å². The Morgan fingerprint density at radius 1 is 1.35 bits per heavy atom. The quantitative estimate of drug-likeness (QED) is 0.747. The minimum Gasteiger partial charge on any atom is -0.479 e. The molecule has 6 heteroatoms. The first-order chi connectivity index (χ1) is 7.55. The highest BCUT2D eigenvalue weighted by atomic mass is 16.6. The molecule has 0 aromatic heterocycles. The Bertz CT molecular complexity index is 327. The smallest absolute Gasteiger partial charge is 0.410 e. The molecule has 1 fully saturated rings. The molecule has 0 bridgehead atoms. The molecule has 1 heterocycles. The molecule has 1 atom stereocenters. The summed E-state index contributed by atoms with van der Waals surface area (Å²) < 4.78 is 5.13. The third-order valence-electron chi connectivity index (χ3n) is 2.65. The summed E-state index contributed by atoms with van der Waals surface area (Å²) in [6, 6.07) is 0. The SMILES string of the molecule is CC(C)(C)OC(=O)N1CC(C)(C(O)C(=O)O)C1. The second-order valence-electron chi connectivity index (χ2n) is 5.73. The summed E-state index contributed by atoms with van der Waals surface area (Å²) in [7, 11) is 0. The van der Waals surface area contributed by atoms with E-state index in [0.717, 1.165) is 0 Å². The molecule has 0 aromatic rings. The summed E-state index contributed by atoms with van der Waals surface area (Å²) in [5.74, 6) is -1.27. The van der Waals surface area contributed by atoms with Gasteiger partial charge in [0.05, 0.1) is 0 Å². The van der Waals surface area contributed by atoms with Gasteiger partial charge in [-0.05, 0) is 20.8 Å². The number of aliphatic hydroxyl groups is 1. The molecular formula is C11H19NO5. The molecule has 0 aromatic carbocycles. The maximum Gasteiger partial charge on any atom is 0.410 e. The second kappa shape index (κ2) is 4.18. The zero-order valence-corrected chi connectivity index (χ0v) is 10.6. The molecule has 17 heavy (non-hydrogen) atoms. The highest BCUT2D eigenvalue weighted by Crippen LogP contribution is 2.34. The van der Waals surface area contributed by atoms with Gasteiger partial charge in [-0.3, -0.25) is 0 Å². The summed E-state index contributed by atoms with van der Waals surface area (Å²) >= 11 is 0. The summed E-state index contributed by atoms with van der Waals surface area (Å²) in [6.45, 7) is 7.29. The van der Waals surface area contributed by atoms with Crippen LogP contribution in [0.4, 0.5) is 4.79 Å². The van der Waals surface area contributed by atoms with Crippen LogP contribution in [0.15, 0.2) is 0 Å². The summed E-state index contributed by atoms with van der Waals surface area (Å²) in [6.07, 6.45) is -1.94. The van der Waals surface area contributed by atoms with E-state index in [1.54, 1.807) is 27.7 Å². The molecule has 1 unspecified atom stereocenters. The van der Waals surface area contributed by atoms with Crippen LogP contribution in [-0.2, 0) is 9.53 Å². The van der Waals surface area contributed by atoms with E-state index in [-0.39, 0.29) is 13.1 Å². The largest absolute Gasteiger partial charge is 0.479 e. The second-order valence-corrected chi connectivity index (χ2v) is 5.73. The number of carbonyl (C=O) groups excluding carboxylic acids is 1. The van der Waals surface area contributed by atoms with Crippen molar-refractivity contribution >= 4 is 12.1 Å². The van der Waals surface area contributed by atoms with Gasteiger partial charge in [-0.15, -0.1) is 0 Å². The molecule has 0 aliphatic carbocycles. The number of nitrogens with zero attached hydrogens (tertiary/aromatic N) is 1. The minimum absolute atomic E-state index is 0.190. The number of aliphatic hydroxyl groups excluding tert-OH is 1. The molecule has 1 aliphatic heterocycles. The Labute approximate surface area is 100 Å². The highest BCUT2D eigenvalue weighted by Gasteiger charge is 2.50. The lowest BCUT2D eigenvalue weighted by atomic mass is 9.77. The van der Waals surface area contributed by atoms with E-state index >= 15 is 0 Å². The maximum absolute atomic E-state index is 11.6. The molecule has 2 N–H and O–H groups in total. The number of ether oxygens (including phenoxy) is 1. The Balaban J connectivity index is 2.51. The monoisotopic (exact) mass is 245 g/mol. The van der Waals surface area contributed by atoms with Crippen molar-refractivity contribution in [1.29, 1.82) is 0 Å². The summed E-state index contributed by atoms with van der Waals surface area (Å²) in [4.78, 5) is 23.6. The number of carbonyl (C=O) groups is 2. The number of likely N-dealkylation sites (tertiary alicyclic amines) is 1. The van der Waals surface area contributed by atoms with Crippen LogP contribution in [0.25, 0.3) is 0 Å². The lowest BCUT2D eigenvalue weighted by Gasteiger charge is -2.48. The van der Waals surface area contributed by atoms with Crippen molar-refractivity contribution in [2.45, 2.75) is 39.4 Å². The van der Waals surface area contributed by atoms with E-state index in [0.29, 0.717) is 0 Å². The number of amides is 1. The molecule has 1 amide bonds. The molecule has 1 aliphatic rings. The van der Waals surface area contributed by atoms with Gasteiger partial charge in [-0.25, -0.2) is 9.59 Å². The van der Waals surface area contributed by atoms with Crippen molar-refractivity contribution in [2.24, 2.45) is 5.41 Å². The number of rotatable bonds is 2. The van der Waals surface area contributed by atoms with Gasteiger partial charge in [-0.2, -0.15) is 0 Å². The predicted molar refractivity (Wildman–Crippen MR) is 59.6 cm³/mol. The van der Waals surface area contributed by atoms with Gasteiger partial charge in [0.25, 0.3) is 0 Å². The van der Waals surface area contributed by atoms with Crippen molar-refractivity contribution in [1.82, 2.24) is 4.90 Å². The fraction of sp³-hybridized carbons (Fsp3) is 0.818. The number of hydrogen-bond donors (Lipinski definition) is 2. The minimum atomic E-state index is -1.46. The first-order valence-electron chi connectivity index (χ1n) is 5.44. The first-order valence-corrected chi connectivity index (χ1v) is 5.44. The summed E-state index contributed by atoms with van der Waals surface area (Å²) in [5, 5.41) is 18.2. The average molecular weight is 245 g/mol. The molecule has 0 saturated carbocycles. The zero-order valence-electron chi connectivity index (χ0n) is 10.6. The molecule has 1 rings (SSSR count). The van der Waals surface area contributed by atoms with Crippen molar-refractivity contribution in [3.63, 3.8) is 0 Å². The molecule has 0 radical (unpaired) electrons. The van der Waals surface area contributed by atoms with Gasteiger partial charge < -0.3 is 19.8 Å². The average Bonchev–Trinajstić information content (AvgIpc) is 2.08. The Hall–Kier alpha value is -1.30. The number of carboxylic acid groups (broad SMARTS) is 1. The van der Waals surface area contributed by atoms with Gasteiger partial charge >= 0.3 is 12.1 Å². The van der Waals surface area contributed by atoms with Gasteiger partial charge in [0.15, 0.2) is 6.10 Å². The van der Waals surface area contributed by atoms with Crippen LogP contribution in [0.1, 0.15) is 27.7 Å². The molecule has 0 spiro atoms. The number of hydrogen-bond acceptors (Lipinski definition) is 4. The van der Waals surface area contributed by atoms with Gasteiger partial charge in [0, 0.05) is 18.5 Å². The highest BCUT2D eigenvalue weighted by molar-refractivity contribution is 5.75. The molecule has 1 saturated heterocycles. The van der Waals surface area contributed by atoms with E-state index in [2.05, 4.69) is 0 Å². The van der Waals surface area contributed by atoms with Crippen LogP contribution in [-0.4, -0.2) is 52.0 Å². The van der Waals surface area contributed by atoms with Crippen LogP contribution in [0.3, 0.4) is 0 Å². The van der Waals surface area contributed by atoms with E-state index in [1.807, 2.05) is 0 Å². The van der Waals surface area contributed by atoms with Crippen molar-refractivity contribution in [2.75, 3.05) is 13.1 Å². The van der Waals surface area contributed by atoms with E-state index in [1.165, 1.54) is 4.90 Å². The predicted octanol–water partition coefficient (Wildman–Crippen LogP) is 0.689. The molecule has 98 valence electrons. The number of carboxylic acids is 1. The maximum atomic E-state index is 11.6. The van der Waals surface area contributed by atoms with Crippen LogP contribution in [0.5, 0.6) is 0 Å². The van der Waals surface area contributed by atoms with Crippen LogP contribution < -0.4 is 0 Å². The molecular weight excluding hydrogens is 226 g/mol. The van der Waals surface area contributed by atoms with Crippen molar-refractivity contribution in [3.8, 4) is 0 Å². The fourth-order valence-corrected chi connectivity index (χ4v) is 1.75. The van der Waals surface area contributed by atoms with Crippen LogP contribution in [0, 0.1) is 5.41 Å². The fourth-order valence-electron chi connectivity index (χ4n) is 1.75. The summed E-state index contributed by atoms with van der Waals surface area (Å²) in [5.41, 5.74) is -1.36. The molecule has 6 nitrogen and oxygen atoms in total. The lowest BCUT2D eigenvalue weighted by molar-refractivity contribution is -0.162. The van der Waals surface area contributed by atoms with Crippen LogP contribution in [0.2, 0.25) is 0 Å². The Kier molecular flexibility index (Phi) is 3.38. The number of aliphatic carboxylic acids is 1. The Morgan fingerprint density at radius 3 is 2.18 bits per heavy atom. The third-order valence-corrected chi connectivity index (χ3v) is 2.65. The van der Waals surface area contributed by atoms with Gasteiger partial charge in [0.2, 0.25) is 0 Å².